The molecule has 82 valence electrons. The fourth-order valence-electron chi connectivity index (χ4n) is 1.20. The second-order valence-corrected chi connectivity index (χ2v) is 4.38. The van der Waals surface area contributed by atoms with Crippen molar-refractivity contribution < 1.29 is 4.74 Å². The van der Waals surface area contributed by atoms with Crippen molar-refractivity contribution in [1.29, 1.82) is 0 Å². The highest BCUT2D eigenvalue weighted by Gasteiger charge is 1.88. The number of ether oxygens (including phenoxy) is 1. The van der Waals surface area contributed by atoms with Crippen LogP contribution in [0.2, 0.25) is 0 Å². The standard InChI is InChI=1S/C13H17IO/c14-10-6-1-2-7-11-15-12-13-8-4-3-5-9-13/h2-5,7-9H,1,6,10-12H2/b7-2-. The molecule has 0 spiro atoms. The molecule has 0 heterocycles. The van der Waals surface area contributed by atoms with Gasteiger partial charge in [0.1, 0.15) is 0 Å². The van der Waals surface area contributed by atoms with Crippen LogP contribution in [0.5, 0.6) is 0 Å². The highest BCUT2D eigenvalue weighted by molar-refractivity contribution is 14.1. The van der Waals surface area contributed by atoms with E-state index in [1.807, 2.05) is 18.2 Å². The smallest absolute Gasteiger partial charge is 0.0721 e. The number of benzene rings is 1. The van der Waals surface area contributed by atoms with Gasteiger partial charge in [-0.3, -0.25) is 0 Å². The molecule has 15 heavy (non-hydrogen) atoms. The Morgan fingerprint density at radius 3 is 2.67 bits per heavy atom. The van der Waals surface area contributed by atoms with Gasteiger partial charge in [0.2, 0.25) is 0 Å². The fraction of sp³-hybridized carbons (Fsp3) is 0.385. The number of rotatable bonds is 7. The van der Waals surface area contributed by atoms with Gasteiger partial charge in [0, 0.05) is 0 Å². The summed E-state index contributed by atoms with van der Waals surface area (Å²) in [6.45, 7) is 1.42. The first-order chi connectivity index (χ1) is 7.43. The Balaban J connectivity index is 2.04. The van der Waals surface area contributed by atoms with Crippen molar-refractivity contribution >= 4 is 22.6 Å². The van der Waals surface area contributed by atoms with Crippen molar-refractivity contribution in [1.82, 2.24) is 0 Å². The van der Waals surface area contributed by atoms with Gasteiger partial charge in [-0.1, -0.05) is 65.1 Å². The van der Waals surface area contributed by atoms with Crippen LogP contribution in [-0.4, -0.2) is 11.0 Å². The van der Waals surface area contributed by atoms with E-state index < -0.39 is 0 Å². The highest BCUT2D eigenvalue weighted by Crippen LogP contribution is 2.00. The Morgan fingerprint density at radius 1 is 1.13 bits per heavy atom. The average molecular weight is 316 g/mol. The predicted molar refractivity (Wildman–Crippen MR) is 73.4 cm³/mol. The number of halogens is 1. The maximum atomic E-state index is 5.51. The summed E-state index contributed by atoms with van der Waals surface area (Å²) in [4.78, 5) is 0. The van der Waals surface area contributed by atoms with Gasteiger partial charge in [-0.2, -0.15) is 0 Å². The van der Waals surface area contributed by atoms with Crippen LogP contribution in [-0.2, 0) is 11.3 Å². The van der Waals surface area contributed by atoms with Gasteiger partial charge in [-0.25, -0.2) is 0 Å². The van der Waals surface area contributed by atoms with Crippen LogP contribution in [0.15, 0.2) is 42.5 Å². The summed E-state index contributed by atoms with van der Waals surface area (Å²) in [6, 6.07) is 10.3. The molecule has 1 aromatic carbocycles. The van der Waals surface area contributed by atoms with E-state index in [9.17, 15) is 0 Å². The number of hydrogen-bond acceptors (Lipinski definition) is 1. The monoisotopic (exact) mass is 316 g/mol. The van der Waals surface area contributed by atoms with Gasteiger partial charge in [-0.05, 0) is 22.8 Å². The Bertz CT molecular complexity index is 269. The maximum Gasteiger partial charge on any atom is 0.0721 e. The molecule has 0 saturated carbocycles. The van der Waals surface area contributed by atoms with E-state index in [1.165, 1.54) is 16.4 Å². The fourth-order valence-corrected chi connectivity index (χ4v) is 1.64. The molecule has 0 fully saturated rings. The highest BCUT2D eigenvalue weighted by atomic mass is 127. The summed E-state index contributed by atoms with van der Waals surface area (Å²) >= 11 is 2.40. The molecule has 0 aliphatic rings. The van der Waals surface area contributed by atoms with E-state index in [2.05, 4.69) is 46.9 Å². The first-order valence-corrected chi connectivity index (χ1v) is 6.78. The lowest BCUT2D eigenvalue weighted by Gasteiger charge is -2.00. The largest absolute Gasteiger partial charge is 0.373 e. The molecule has 2 heteroatoms. The lowest BCUT2D eigenvalue weighted by Crippen LogP contribution is -1.92. The zero-order valence-corrected chi connectivity index (χ0v) is 11.0. The minimum absolute atomic E-state index is 0.706. The molecule has 0 aliphatic carbocycles. The van der Waals surface area contributed by atoms with Gasteiger partial charge >= 0.3 is 0 Å². The van der Waals surface area contributed by atoms with Gasteiger partial charge in [-0.15, -0.1) is 0 Å². The van der Waals surface area contributed by atoms with Crippen molar-refractivity contribution in [2.45, 2.75) is 19.4 Å². The van der Waals surface area contributed by atoms with E-state index in [-0.39, 0.29) is 0 Å². The SMILES string of the molecule is ICCC/C=C\COCc1ccccc1. The van der Waals surface area contributed by atoms with Crippen LogP contribution in [0.25, 0.3) is 0 Å². The van der Waals surface area contributed by atoms with Crippen molar-refractivity contribution in [3.8, 4) is 0 Å². The number of allylic oxidation sites excluding steroid dienone is 1. The molecule has 0 amide bonds. The maximum absolute atomic E-state index is 5.51. The third-order valence-corrected chi connectivity index (χ3v) is 2.76. The molecule has 1 nitrogen and oxygen atoms in total. The van der Waals surface area contributed by atoms with E-state index in [0.29, 0.717) is 6.61 Å². The molecule has 0 aromatic heterocycles. The van der Waals surface area contributed by atoms with Crippen LogP contribution in [0.3, 0.4) is 0 Å². The predicted octanol–water partition coefficient (Wildman–Crippen LogP) is 3.97. The zero-order valence-electron chi connectivity index (χ0n) is 8.86. The van der Waals surface area contributed by atoms with Gasteiger partial charge in [0.25, 0.3) is 0 Å². The Kier molecular flexibility index (Phi) is 7.56. The Labute approximate surface area is 106 Å². The normalized spacial score (nSPS) is 11.0. The lowest BCUT2D eigenvalue weighted by molar-refractivity contribution is 0.148. The molecule has 1 aromatic rings. The zero-order chi connectivity index (χ0) is 10.8. The topological polar surface area (TPSA) is 9.23 Å². The molecule has 0 saturated heterocycles. The molecule has 1 rings (SSSR count). The average Bonchev–Trinajstić information content (AvgIpc) is 2.29. The number of unbranched alkanes of at least 4 members (excludes halogenated alkanes) is 1. The minimum Gasteiger partial charge on any atom is -0.373 e. The van der Waals surface area contributed by atoms with E-state index in [4.69, 9.17) is 4.74 Å². The first kappa shape index (κ1) is 12.7. The van der Waals surface area contributed by atoms with Crippen molar-refractivity contribution in [3.05, 3.63) is 48.0 Å². The molecule has 0 radical (unpaired) electrons. The van der Waals surface area contributed by atoms with E-state index >= 15 is 0 Å². The number of alkyl halides is 1. The van der Waals surface area contributed by atoms with Crippen LogP contribution in [0, 0.1) is 0 Å². The van der Waals surface area contributed by atoms with E-state index in [0.717, 1.165) is 13.0 Å². The summed E-state index contributed by atoms with van der Waals surface area (Å²) in [5.41, 5.74) is 1.23. The van der Waals surface area contributed by atoms with Crippen LogP contribution < -0.4 is 0 Å². The second kappa shape index (κ2) is 8.92. The van der Waals surface area contributed by atoms with Crippen LogP contribution >= 0.6 is 22.6 Å². The molecule has 0 atom stereocenters. The van der Waals surface area contributed by atoms with Gasteiger partial charge < -0.3 is 4.74 Å². The molecule has 0 bridgehead atoms. The van der Waals surface area contributed by atoms with Crippen molar-refractivity contribution in [2.75, 3.05) is 11.0 Å². The summed E-state index contributed by atoms with van der Waals surface area (Å²) in [5, 5.41) is 0. The third kappa shape index (κ3) is 6.68. The number of hydrogen-bond donors (Lipinski definition) is 0. The molecule has 0 aliphatic heterocycles. The minimum atomic E-state index is 0.706. The van der Waals surface area contributed by atoms with Crippen LogP contribution in [0.4, 0.5) is 0 Å². The van der Waals surface area contributed by atoms with Crippen LogP contribution in [0.1, 0.15) is 18.4 Å². The van der Waals surface area contributed by atoms with E-state index in [1.54, 1.807) is 0 Å². The second-order valence-electron chi connectivity index (χ2n) is 3.30. The summed E-state index contributed by atoms with van der Waals surface area (Å²) in [6.07, 6.45) is 6.73. The van der Waals surface area contributed by atoms with Gasteiger partial charge in [0.15, 0.2) is 0 Å². The Hall–Kier alpha value is -0.350. The quantitative estimate of drug-likeness (QED) is 0.320. The molecule has 0 N–H and O–H groups in total. The van der Waals surface area contributed by atoms with Crippen molar-refractivity contribution in [3.63, 3.8) is 0 Å². The molecular formula is C13H17IO. The van der Waals surface area contributed by atoms with Crippen molar-refractivity contribution in [2.24, 2.45) is 0 Å². The first-order valence-electron chi connectivity index (χ1n) is 5.26. The lowest BCUT2D eigenvalue weighted by atomic mass is 10.2. The third-order valence-electron chi connectivity index (χ3n) is 2.00. The Morgan fingerprint density at radius 2 is 1.93 bits per heavy atom. The molecular weight excluding hydrogens is 299 g/mol. The summed E-state index contributed by atoms with van der Waals surface area (Å²) in [7, 11) is 0. The van der Waals surface area contributed by atoms with Gasteiger partial charge in [0.05, 0.1) is 13.2 Å². The summed E-state index contributed by atoms with van der Waals surface area (Å²) < 4.78 is 6.74. The summed E-state index contributed by atoms with van der Waals surface area (Å²) in [5.74, 6) is 0. The molecule has 0 unspecified atom stereocenters.